The van der Waals surface area contributed by atoms with Gasteiger partial charge in [-0.05, 0) is 229 Å². The zero-order chi connectivity index (χ0) is 93.0. The van der Waals surface area contributed by atoms with Gasteiger partial charge in [0.1, 0.15) is 22.3 Å². The fraction of sp³-hybridized carbons (Fsp3) is 0. The highest BCUT2D eigenvalue weighted by molar-refractivity contribution is 6.29. The third kappa shape index (κ3) is 9.06. The van der Waals surface area contributed by atoms with Crippen LogP contribution in [-0.4, -0.2) is 0 Å². The van der Waals surface area contributed by atoms with E-state index >= 15 is 0 Å². The lowest BCUT2D eigenvalue weighted by atomic mass is 9.82. The van der Waals surface area contributed by atoms with Gasteiger partial charge in [-0.2, -0.15) is 0 Å². The molecule has 0 saturated heterocycles. The van der Waals surface area contributed by atoms with Crippen LogP contribution >= 0.6 is 0 Å². The van der Waals surface area contributed by atoms with Crippen LogP contribution in [-0.2, 0) is 0 Å². The van der Waals surface area contributed by atoms with E-state index in [4.69, 9.17) is 34.9 Å². The molecule has 2 heterocycles. The summed E-state index contributed by atoms with van der Waals surface area (Å²) in [5.41, 5.74) is 4.73. The highest BCUT2D eigenvalue weighted by Crippen LogP contribution is 2.52. The molecule has 2 aromatic heterocycles. The summed E-state index contributed by atoms with van der Waals surface area (Å²) in [4.78, 5) is 0. The molecule has 22 aromatic rings. The standard InChI is InChI=1S/2C50H30O/c1-3-14-37-31(11-1)13-9-21-40(37)48-43-18-7-5-16-41(43)47(42-17-6-8-19-44(42)48)36-26-24-33-29-35(25-23-34(33)30-36)39-20-10-22-45-50(39)49-38-15-4-2-12-32(38)27-28-46(49)51-45;1-2-14-33-28-36(25-24-31(33)12-1)47-38-18-7-9-20-40(38)48(41-21-10-8-19-39(41)47)44-30-35-16-4-3-15-34(35)29-43(44)42-22-11-23-45-50(42)49-37-17-6-5-13-32(37)26-27-46(49)51-45/h2*1-30H/i1D,3D,5D,6D,7D,8D,9D,11D,13D,14D,16D,17D,18D,19D,21D;1D,2D,7D,8D,9D,10D,12D,14D,18D,19D,20D,21D,24D,25D,28D. The van der Waals surface area contributed by atoms with E-state index in [1.54, 1.807) is 12.1 Å². The molecule has 0 bridgehead atoms. The number of hydrogen-bond acceptors (Lipinski definition) is 2. The highest BCUT2D eigenvalue weighted by atomic mass is 16.3. The van der Waals surface area contributed by atoms with E-state index in [1.807, 2.05) is 158 Å². The smallest absolute Gasteiger partial charge is 0.136 e. The van der Waals surface area contributed by atoms with Gasteiger partial charge in [0, 0.05) is 21.5 Å². The summed E-state index contributed by atoms with van der Waals surface area (Å²) < 4.78 is 285. The van der Waals surface area contributed by atoms with Gasteiger partial charge in [0.15, 0.2) is 0 Å². The largest absolute Gasteiger partial charge is 0.456 e. The topological polar surface area (TPSA) is 26.3 Å². The molecule has 2 heteroatoms. The Morgan fingerprint density at radius 1 is 0.186 bits per heavy atom. The Morgan fingerprint density at radius 3 is 1.17 bits per heavy atom. The van der Waals surface area contributed by atoms with E-state index < -0.39 is 214 Å². The summed E-state index contributed by atoms with van der Waals surface area (Å²) in [7, 11) is 0. The predicted octanol–water partition coefficient (Wildman–Crippen LogP) is 28.7. The predicted molar refractivity (Wildman–Crippen MR) is 435 cm³/mol. The van der Waals surface area contributed by atoms with Crippen LogP contribution < -0.4 is 0 Å². The van der Waals surface area contributed by atoms with Crippen molar-refractivity contribution in [2.75, 3.05) is 0 Å². The van der Waals surface area contributed by atoms with E-state index in [0.717, 1.165) is 76.2 Å². The van der Waals surface area contributed by atoms with Crippen molar-refractivity contribution >= 4 is 152 Å². The maximum Gasteiger partial charge on any atom is 0.136 e. The van der Waals surface area contributed by atoms with Crippen molar-refractivity contribution in [1.29, 1.82) is 0 Å². The summed E-state index contributed by atoms with van der Waals surface area (Å²) in [5, 5.41) is 6.83. The maximum atomic E-state index is 9.68. The van der Waals surface area contributed by atoms with Crippen molar-refractivity contribution in [2.45, 2.75) is 0 Å². The van der Waals surface area contributed by atoms with Crippen molar-refractivity contribution < 1.29 is 50.0 Å². The molecule has 0 spiro atoms. The molecule has 0 N–H and O–H groups in total. The van der Waals surface area contributed by atoms with Gasteiger partial charge >= 0.3 is 0 Å². The van der Waals surface area contributed by atoms with Crippen molar-refractivity contribution in [2.24, 2.45) is 0 Å². The van der Waals surface area contributed by atoms with Gasteiger partial charge in [-0.3, -0.25) is 0 Å². The highest BCUT2D eigenvalue weighted by Gasteiger charge is 2.25. The zero-order valence-corrected chi connectivity index (χ0v) is 53.1. The SMILES string of the molecule is [2H]c1c([2H])c([2H])c2c(-c3c4c([2H])c([2H])c([2H])c([2H])c4c(-c4ccc5cc(-c6cccc7oc8ccc9ccccc9c8c67)ccc5c4)c4c([2H])c([2H])c([2H])c([2H])c34)c([2H])c([2H])c([2H])c2c1[2H].[2H]c1c([2H])c([2H])c2c([2H])c(-c3c4c([2H])c([2H])c([2H])c([2H])c4c(-c4cc5ccccc5cc4-c4cccc5oc6ccc7ccccc7c6c45)c4c([2H])c([2H])c([2H])c([2H])c34)c([2H])c([2H])c2c1[2H]. The average molecular weight is 1320 g/mol. The minimum Gasteiger partial charge on any atom is -0.456 e. The van der Waals surface area contributed by atoms with Gasteiger partial charge in [0.25, 0.3) is 0 Å². The third-order valence-electron chi connectivity index (χ3n) is 19.5. The molecule has 0 aliphatic rings. The number of benzene rings is 20. The fourth-order valence-electron chi connectivity index (χ4n) is 15.1. The minimum atomic E-state index is -0.756. The first-order chi connectivity index (χ1) is 63.1. The molecule has 102 heavy (non-hydrogen) atoms. The van der Waals surface area contributed by atoms with Gasteiger partial charge < -0.3 is 8.83 Å². The average Bonchev–Trinajstić information content (AvgIpc) is 0.721. The van der Waals surface area contributed by atoms with Crippen LogP contribution in [0.25, 0.3) is 218 Å². The molecule has 2 nitrogen and oxygen atoms in total. The van der Waals surface area contributed by atoms with E-state index in [0.29, 0.717) is 44.2 Å². The fourth-order valence-corrected chi connectivity index (χ4v) is 15.1. The first-order valence-electron chi connectivity index (χ1n) is 47.7. The van der Waals surface area contributed by atoms with Crippen molar-refractivity contribution in [3.63, 3.8) is 0 Å². The molecule has 20 aromatic carbocycles. The first kappa shape index (κ1) is 35.4. The molecule has 0 aliphatic carbocycles. The Bertz CT molecular complexity index is 9010. The first-order valence-corrected chi connectivity index (χ1v) is 32.7. The Morgan fingerprint density at radius 2 is 0.588 bits per heavy atom. The quantitative estimate of drug-likeness (QED) is 0.155. The van der Waals surface area contributed by atoms with Crippen LogP contribution in [0.2, 0.25) is 0 Å². The van der Waals surface area contributed by atoms with Crippen LogP contribution in [0.3, 0.4) is 0 Å². The van der Waals surface area contributed by atoms with E-state index in [1.165, 1.54) is 0 Å². The Labute approximate surface area is 629 Å². The molecular weight excluding hydrogens is 1230 g/mol. The maximum absolute atomic E-state index is 9.68. The van der Waals surface area contributed by atoms with Crippen molar-refractivity contribution in [3.8, 4) is 66.8 Å². The van der Waals surface area contributed by atoms with Gasteiger partial charge in [-0.15, -0.1) is 0 Å². The molecule has 0 atom stereocenters. The van der Waals surface area contributed by atoms with Crippen LogP contribution in [0.4, 0.5) is 0 Å². The summed E-state index contributed by atoms with van der Waals surface area (Å²) in [6, 6.07) is 37.5. The molecule has 0 amide bonds. The summed E-state index contributed by atoms with van der Waals surface area (Å²) in [6.07, 6.45) is 0. The second kappa shape index (κ2) is 23.1. The lowest BCUT2D eigenvalue weighted by Gasteiger charge is -2.21. The lowest BCUT2D eigenvalue weighted by Crippen LogP contribution is -1.93. The molecule has 22 rings (SSSR count). The van der Waals surface area contributed by atoms with E-state index in [-0.39, 0.29) is 65.3 Å². The van der Waals surface area contributed by atoms with Crippen LogP contribution in [0.1, 0.15) is 41.1 Å². The molecule has 0 radical (unpaired) electrons. The summed E-state index contributed by atoms with van der Waals surface area (Å²) in [6.45, 7) is 0. The number of furan rings is 2. The van der Waals surface area contributed by atoms with Gasteiger partial charge in [0.05, 0.1) is 41.1 Å². The molecular formula is C100H60O2. The van der Waals surface area contributed by atoms with Crippen LogP contribution in [0.15, 0.2) is 372 Å². The van der Waals surface area contributed by atoms with Gasteiger partial charge in [0.2, 0.25) is 0 Å². The van der Waals surface area contributed by atoms with Gasteiger partial charge in [-0.25, -0.2) is 0 Å². The molecule has 0 unspecified atom stereocenters. The molecule has 472 valence electrons. The Balaban J connectivity index is 0.000000159. The number of hydrogen-bond donors (Lipinski definition) is 0. The second-order valence-electron chi connectivity index (χ2n) is 24.9. The van der Waals surface area contributed by atoms with Crippen LogP contribution in [0, 0.1) is 0 Å². The normalized spacial score (nSPS) is 16.0. The molecule has 0 saturated carbocycles. The zero-order valence-electron chi connectivity index (χ0n) is 83.1. The van der Waals surface area contributed by atoms with E-state index in [2.05, 4.69) is 12.1 Å². The van der Waals surface area contributed by atoms with Crippen molar-refractivity contribution in [3.05, 3.63) is 363 Å². The monoisotopic (exact) mass is 1320 g/mol. The van der Waals surface area contributed by atoms with Crippen LogP contribution in [0.5, 0.6) is 0 Å². The summed E-state index contributed by atoms with van der Waals surface area (Å²) >= 11 is 0. The third-order valence-corrected chi connectivity index (χ3v) is 19.5. The molecule has 0 fully saturated rings. The molecule has 0 aliphatic heterocycles. The second-order valence-corrected chi connectivity index (χ2v) is 24.9. The number of rotatable bonds is 6. The van der Waals surface area contributed by atoms with Gasteiger partial charge in [-0.1, -0.05) is 309 Å². The Kier molecular flexibility index (Phi) is 8.02. The Hall–Kier alpha value is -13.4. The van der Waals surface area contributed by atoms with E-state index in [9.17, 15) is 15.1 Å². The lowest BCUT2D eigenvalue weighted by molar-refractivity contribution is 0.669. The minimum absolute atomic E-state index is 0.0185. The van der Waals surface area contributed by atoms with Crippen molar-refractivity contribution in [1.82, 2.24) is 0 Å². The number of fused-ring (bicyclic) bond motifs is 18. The summed E-state index contributed by atoms with van der Waals surface area (Å²) in [5.74, 6) is 0.